The van der Waals surface area contributed by atoms with Gasteiger partial charge >= 0.3 is 5.97 Å². The number of nitrogens with zero attached hydrogens (tertiary/aromatic N) is 1. The average Bonchev–Trinajstić information content (AvgIpc) is 2.88. The number of thiocarbonyl (C=S) groups is 1. The Hall–Kier alpha value is -1.34. The van der Waals surface area contributed by atoms with Crippen LogP contribution in [0, 0.1) is 5.92 Å². The van der Waals surface area contributed by atoms with Gasteiger partial charge in [0.25, 0.3) is 0 Å². The quantitative estimate of drug-likeness (QED) is 0.683. The molecule has 1 aliphatic rings. The molecule has 0 fully saturated rings. The van der Waals surface area contributed by atoms with Gasteiger partial charge in [0.1, 0.15) is 19.2 Å². The molecule has 0 aliphatic carbocycles. The summed E-state index contributed by atoms with van der Waals surface area (Å²) >= 11 is 6.41. The molecule has 2 heterocycles. The number of thiophene rings is 1. The van der Waals surface area contributed by atoms with E-state index in [0.717, 1.165) is 5.56 Å². The summed E-state index contributed by atoms with van der Waals surface area (Å²) in [6.07, 6.45) is 0. The van der Waals surface area contributed by atoms with E-state index in [0.29, 0.717) is 5.71 Å². The van der Waals surface area contributed by atoms with Gasteiger partial charge in [0.15, 0.2) is 5.11 Å². The molecular weight excluding hydrogens is 287 g/mol. The van der Waals surface area contributed by atoms with Crippen LogP contribution < -0.4 is 5.32 Å². The minimum absolute atomic E-state index is 0.190. The van der Waals surface area contributed by atoms with Crippen molar-refractivity contribution in [3.63, 3.8) is 0 Å². The number of ether oxygens (including phenoxy) is 1. The molecule has 2 rings (SSSR count). The van der Waals surface area contributed by atoms with E-state index < -0.39 is 24.6 Å². The predicted octanol–water partition coefficient (Wildman–Crippen LogP) is 2.09. The minimum Gasteiger partial charge on any atom is -0.460 e. The maximum Gasteiger partial charge on any atom is 0.317 e. The molecule has 0 radical (unpaired) electrons. The molecule has 1 aliphatic heterocycles. The van der Waals surface area contributed by atoms with Gasteiger partial charge in [0.05, 0.1) is 6.04 Å². The third-order valence-corrected chi connectivity index (χ3v) is 3.76. The molecule has 0 saturated carbocycles. The topological polar surface area (TPSA) is 50.7 Å². The van der Waals surface area contributed by atoms with Crippen LogP contribution in [-0.4, -0.2) is 29.5 Å². The molecule has 1 aromatic rings. The molecule has 0 saturated heterocycles. The zero-order chi connectivity index (χ0) is 13.8. The highest BCUT2D eigenvalue weighted by atomic mass is 32.1. The summed E-state index contributed by atoms with van der Waals surface area (Å²) in [5.41, 5.74) is 1.41. The van der Waals surface area contributed by atoms with E-state index in [9.17, 15) is 9.18 Å². The predicted molar refractivity (Wildman–Crippen MR) is 76.2 cm³/mol. The maximum atomic E-state index is 13.0. The van der Waals surface area contributed by atoms with Crippen LogP contribution in [0.3, 0.4) is 0 Å². The summed E-state index contributed by atoms with van der Waals surface area (Å²) in [5, 5.41) is 6.70. The first-order valence-corrected chi connectivity index (χ1v) is 7.06. The monoisotopic (exact) mass is 300 g/mol. The standard InChI is InChI=1S/C12H13FN2O2S2/c1-7-10(9(4-13)15-12(18)14-7)11(16)17-5-8-2-3-19-6-8/h2-3,6,9-10H,4-5H2,1H3,(H,15,18). The molecular formula is C12H13FN2O2S2. The fraction of sp³-hybridized carbons (Fsp3) is 0.417. The van der Waals surface area contributed by atoms with Crippen molar-refractivity contribution in [1.82, 2.24) is 5.32 Å². The average molecular weight is 300 g/mol. The second-order valence-corrected chi connectivity index (χ2v) is 5.35. The SMILES string of the molecule is CC1=NC(=S)NC(CF)C1C(=O)OCc1ccsc1. The van der Waals surface area contributed by atoms with Gasteiger partial charge in [-0.05, 0) is 36.0 Å². The summed E-state index contributed by atoms with van der Waals surface area (Å²) < 4.78 is 18.2. The van der Waals surface area contributed by atoms with Crippen molar-refractivity contribution in [1.29, 1.82) is 0 Å². The zero-order valence-corrected chi connectivity index (χ0v) is 11.9. The van der Waals surface area contributed by atoms with Crippen LogP contribution in [0.2, 0.25) is 0 Å². The number of esters is 1. The Morgan fingerprint density at radius 2 is 2.47 bits per heavy atom. The summed E-state index contributed by atoms with van der Waals surface area (Å²) in [7, 11) is 0. The first kappa shape index (κ1) is 14.1. The van der Waals surface area contributed by atoms with Gasteiger partial charge in [-0.25, -0.2) is 9.38 Å². The van der Waals surface area contributed by atoms with E-state index in [4.69, 9.17) is 17.0 Å². The number of alkyl halides is 1. The Morgan fingerprint density at radius 1 is 1.68 bits per heavy atom. The Labute approximate surface area is 119 Å². The van der Waals surface area contributed by atoms with Crippen LogP contribution in [-0.2, 0) is 16.1 Å². The van der Waals surface area contributed by atoms with Gasteiger partial charge < -0.3 is 10.1 Å². The van der Waals surface area contributed by atoms with E-state index >= 15 is 0 Å². The fourth-order valence-electron chi connectivity index (χ4n) is 1.88. The largest absolute Gasteiger partial charge is 0.460 e. The van der Waals surface area contributed by atoms with Crippen molar-refractivity contribution in [2.75, 3.05) is 6.67 Å². The Balaban J connectivity index is 2.03. The third-order valence-electron chi connectivity index (χ3n) is 2.82. The molecule has 2 atom stereocenters. The van der Waals surface area contributed by atoms with E-state index in [2.05, 4.69) is 10.3 Å². The van der Waals surface area contributed by atoms with Crippen molar-refractivity contribution in [3.8, 4) is 0 Å². The lowest BCUT2D eigenvalue weighted by molar-refractivity contribution is -0.148. The number of aliphatic imine (C=N–C) groups is 1. The summed E-state index contributed by atoms with van der Waals surface area (Å²) in [6, 6.07) is 1.18. The van der Waals surface area contributed by atoms with Crippen LogP contribution in [0.4, 0.5) is 4.39 Å². The molecule has 4 nitrogen and oxygen atoms in total. The number of rotatable bonds is 4. The Bertz CT molecular complexity index is 502. The highest BCUT2D eigenvalue weighted by Gasteiger charge is 2.35. The number of carbonyl (C=O) groups excluding carboxylic acids is 1. The molecule has 2 unspecified atom stereocenters. The molecule has 0 spiro atoms. The molecule has 1 aromatic heterocycles. The lowest BCUT2D eigenvalue weighted by Gasteiger charge is -2.28. The molecule has 19 heavy (non-hydrogen) atoms. The van der Waals surface area contributed by atoms with Crippen molar-refractivity contribution < 1.29 is 13.9 Å². The van der Waals surface area contributed by atoms with Crippen molar-refractivity contribution >= 4 is 40.3 Å². The third kappa shape index (κ3) is 3.36. The lowest BCUT2D eigenvalue weighted by atomic mass is 9.94. The van der Waals surface area contributed by atoms with Crippen molar-refractivity contribution in [2.45, 2.75) is 19.6 Å². The van der Waals surface area contributed by atoms with Crippen LogP contribution >= 0.6 is 23.6 Å². The smallest absolute Gasteiger partial charge is 0.317 e. The summed E-state index contributed by atoms with van der Waals surface area (Å²) in [6.45, 7) is 1.15. The normalized spacial score (nSPS) is 22.6. The van der Waals surface area contributed by atoms with Crippen molar-refractivity contribution in [3.05, 3.63) is 22.4 Å². The van der Waals surface area contributed by atoms with E-state index in [1.54, 1.807) is 6.92 Å². The van der Waals surface area contributed by atoms with Crippen LogP contribution in [0.15, 0.2) is 21.8 Å². The summed E-state index contributed by atoms with van der Waals surface area (Å²) in [5.74, 6) is -1.21. The maximum absolute atomic E-state index is 13.0. The summed E-state index contributed by atoms with van der Waals surface area (Å²) in [4.78, 5) is 16.0. The highest BCUT2D eigenvalue weighted by molar-refractivity contribution is 7.80. The number of hydrogen-bond donors (Lipinski definition) is 1. The second kappa shape index (κ2) is 6.21. The number of hydrogen-bond acceptors (Lipinski definition) is 4. The first-order valence-electron chi connectivity index (χ1n) is 5.71. The second-order valence-electron chi connectivity index (χ2n) is 4.18. The van der Waals surface area contributed by atoms with Gasteiger partial charge in [0, 0.05) is 11.3 Å². The molecule has 102 valence electrons. The Morgan fingerprint density at radius 3 is 3.11 bits per heavy atom. The fourth-order valence-corrected chi connectivity index (χ4v) is 2.83. The first-order chi connectivity index (χ1) is 9.11. The highest BCUT2D eigenvalue weighted by Crippen LogP contribution is 2.17. The Kier molecular flexibility index (Phi) is 4.60. The zero-order valence-electron chi connectivity index (χ0n) is 10.3. The van der Waals surface area contributed by atoms with Crippen LogP contribution in [0.1, 0.15) is 12.5 Å². The number of nitrogens with one attached hydrogen (secondary N) is 1. The van der Waals surface area contributed by atoms with E-state index in [1.165, 1.54) is 11.3 Å². The van der Waals surface area contributed by atoms with E-state index in [-0.39, 0.29) is 11.7 Å². The van der Waals surface area contributed by atoms with Gasteiger partial charge in [-0.15, -0.1) is 0 Å². The number of halogens is 1. The van der Waals surface area contributed by atoms with Crippen molar-refractivity contribution in [2.24, 2.45) is 10.9 Å². The minimum atomic E-state index is -0.727. The lowest BCUT2D eigenvalue weighted by Crippen LogP contribution is -2.51. The van der Waals surface area contributed by atoms with Gasteiger partial charge in [-0.3, -0.25) is 4.79 Å². The van der Waals surface area contributed by atoms with Crippen LogP contribution in [0.25, 0.3) is 0 Å². The number of carbonyl (C=O) groups is 1. The molecule has 0 amide bonds. The van der Waals surface area contributed by atoms with Gasteiger partial charge in [-0.2, -0.15) is 11.3 Å². The van der Waals surface area contributed by atoms with Gasteiger partial charge in [-0.1, -0.05) is 0 Å². The molecule has 7 heteroatoms. The molecule has 0 bridgehead atoms. The van der Waals surface area contributed by atoms with Crippen LogP contribution in [0.5, 0.6) is 0 Å². The molecule has 0 aromatic carbocycles. The van der Waals surface area contributed by atoms with E-state index in [1.807, 2.05) is 16.8 Å². The molecule has 1 N–H and O–H groups in total. The van der Waals surface area contributed by atoms with Gasteiger partial charge in [0.2, 0.25) is 0 Å².